The third kappa shape index (κ3) is 3.89. The van der Waals surface area contributed by atoms with Gasteiger partial charge in [-0.25, -0.2) is 4.98 Å². The number of anilines is 2. The van der Waals surface area contributed by atoms with Crippen LogP contribution in [0.25, 0.3) is 32.2 Å². The van der Waals surface area contributed by atoms with E-state index in [1.54, 1.807) is 42.5 Å². The van der Waals surface area contributed by atoms with Gasteiger partial charge in [0.1, 0.15) is 9.71 Å². The lowest BCUT2D eigenvalue weighted by molar-refractivity contribution is -0.136. The molecular weight excluding hydrogens is 447 g/mol. The fourth-order valence-electron chi connectivity index (χ4n) is 3.72. The van der Waals surface area contributed by atoms with E-state index in [4.69, 9.17) is 5.73 Å². The number of nitrogens with zero attached hydrogens (tertiary/aromatic N) is 1. The van der Waals surface area contributed by atoms with Crippen LogP contribution in [0.3, 0.4) is 0 Å². The molecule has 0 fully saturated rings. The first-order valence-electron chi connectivity index (χ1n) is 9.97. The van der Waals surface area contributed by atoms with Crippen molar-refractivity contribution in [2.24, 2.45) is 0 Å². The van der Waals surface area contributed by atoms with Gasteiger partial charge < -0.3 is 11.1 Å². The van der Waals surface area contributed by atoms with Crippen LogP contribution in [0.5, 0.6) is 0 Å². The predicted octanol–water partition coefficient (Wildman–Crippen LogP) is 6.97. The zero-order valence-corrected chi connectivity index (χ0v) is 17.8. The van der Waals surface area contributed by atoms with Gasteiger partial charge in [-0.3, -0.25) is 4.79 Å². The highest BCUT2D eigenvalue weighted by Gasteiger charge is 2.36. The first-order valence-corrected chi connectivity index (χ1v) is 10.8. The molecule has 0 aliphatic heterocycles. The summed E-state index contributed by atoms with van der Waals surface area (Å²) in [6.45, 7) is 0. The Balaban J connectivity index is 1.59. The van der Waals surface area contributed by atoms with Crippen molar-refractivity contribution in [1.29, 1.82) is 0 Å². The number of pyridine rings is 1. The minimum atomic E-state index is -4.66. The van der Waals surface area contributed by atoms with Gasteiger partial charge in [-0.1, -0.05) is 60.7 Å². The zero-order chi connectivity index (χ0) is 23.2. The van der Waals surface area contributed by atoms with Crippen LogP contribution in [0.15, 0.2) is 78.9 Å². The van der Waals surface area contributed by atoms with Crippen LogP contribution in [0.1, 0.15) is 15.2 Å². The lowest BCUT2D eigenvalue weighted by Crippen LogP contribution is -2.12. The molecular formula is C25H16F3N3OS. The average molecular weight is 463 g/mol. The van der Waals surface area contributed by atoms with Crippen LogP contribution in [-0.4, -0.2) is 10.9 Å². The highest BCUT2D eigenvalue weighted by atomic mass is 32.1. The van der Waals surface area contributed by atoms with Crippen molar-refractivity contribution in [2.75, 3.05) is 11.1 Å². The van der Waals surface area contributed by atoms with Crippen LogP contribution in [0.2, 0.25) is 0 Å². The number of amides is 1. The minimum Gasteiger partial charge on any atom is -0.397 e. The smallest absolute Gasteiger partial charge is 0.397 e. The van der Waals surface area contributed by atoms with E-state index in [0.717, 1.165) is 28.2 Å². The van der Waals surface area contributed by atoms with Gasteiger partial charge in [-0.2, -0.15) is 13.2 Å². The predicted molar refractivity (Wildman–Crippen MR) is 126 cm³/mol. The van der Waals surface area contributed by atoms with E-state index in [2.05, 4.69) is 10.3 Å². The molecule has 0 saturated carbocycles. The molecule has 0 saturated heterocycles. The van der Waals surface area contributed by atoms with Gasteiger partial charge in [0.25, 0.3) is 5.91 Å². The normalized spacial score (nSPS) is 11.7. The minimum absolute atomic E-state index is 0.0126. The number of carbonyl (C=O) groups excluding carboxylic acids is 1. The molecule has 0 aliphatic rings. The van der Waals surface area contributed by atoms with Crippen LogP contribution in [0, 0.1) is 0 Å². The molecule has 5 rings (SSSR count). The monoisotopic (exact) mass is 463 g/mol. The maximum Gasteiger partial charge on any atom is 0.417 e. The molecule has 2 heterocycles. The summed E-state index contributed by atoms with van der Waals surface area (Å²) in [5.41, 5.74) is 6.16. The van der Waals surface area contributed by atoms with Crippen molar-refractivity contribution in [2.45, 2.75) is 6.18 Å². The second-order valence-electron chi connectivity index (χ2n) is 7.46. The molecule has 1 amide bonds. The lowest BCUT2D eigenvalue weighted by atomic mass is 10.1. The molecule has 5 aromatic rings. The van der Waals surface area contributed by atoms with Gasteiger partial charge in [0.2, 0.25) is 0 Å². The van der Waals surface area contributed by atoms with Crippen molar-refractivity contribution >= 4 is 49.6 Å². The standard InChI is InChI=1S/C25H16F3N3OS/c26-25(27,28)18-13-19(15-7-2-1-3-8-15)31-24-20(18)21(29)22(33-24)23(32)30-17-11-10-14-6-4-5-9-16(14)12-17/h1-13H,29H2,(H,30,32). The number of carbonyl (C=O) groups is 1. The number of fused-ring (bicyclic) bond motifs is 2. The Bertz CT molecular complexity index is 1510. The van der Waals surface area contributed by atoms with Crippen LogP contribution < -0.4 is 11.1 Å². The first-order chi connectivity index (χ1) is 15.8. The Kier molecular flexibility index (Phi) is 5.02. The van der Waals surface area contributed by atoms with Crippen molar-refractivity contribution in [3.05, 3.63) is 89.3 Å². The number of halogens is 3. The van der Waals surface area contributed by atoms with E-state index >= 15 is 0 Å². The highest BCUT2D eigenvalue weighted by molar-refractivity contribution is 7.21. The van der Waals surface area contributed by atoms with E-state index in [9.17, 15) is 18.0 Å². The number of hydrogen-bond acceptors (Lipinski definition) is 4. The molecule has 0 bridgehead atoms. The van der Waals surface area contributed by atoms with Crippen LogP contribution in [-0.2, 0) is 6.18 Å². The van der Waals surface area contributed by atoms with E-state index in [1.807, 2.05) is 30.3 Å². The second-order valence-corrected chi connectivity index (χ2v) is 8.46. The van der Waals surface area contributed by atoms with Crippen molar-refractivity contribution < 1.29 is 18.0 Å². The van der Waals surface area contributed by atoms with Crippen LogP contribution in [0.4, 0.5) is 24.5 Å². The molecule has 0 atom stereocenters. The number of thiophene rings is 1. The molecule has 0 radical (unpaired) electrons. The van der Waals surface area contributed by atoms with E-state index < -0.39 is 17.6 Å². The molecule has 8 heteroatoms. The number of nitrogens with one attached hydrogen (secondary N) is 1. The third-order valence-corrected chi connectivity index (χ3v) is 6.39. The summed E-state index contributed by atoms with van der Waals surface area (Å²) in [4.78, 5) is 17.4. The number of nitrogen functional groups attached to an aromatic ring is 1. The lowest BCUT2D eigenvalue weighted by Gasteiger charge is -2.11. The maximum absolute atomic E-state index is 13.9. The van der Waals surface area contributed by atoms with Crippen molar-refractivity contribution in [3.63, 3.8) is 0 Å². The number of rotatable bonds is 3. The maximum atomic E-state index is 13.9. The molecule has 164 valence electrons. The first kappa shape index (κ1) is 21.0. The van der Waals surface area contributed by atoms with E-state index in [-0.39, 0.29) is 26.5 Å². The molecule has 0 aliphatic carbocycles. The van der Waals surface area contributed by atoms with Gasteiger partial charge in [0.15, 0.2) is 0 Å². The summed E-state index contributed by atoms with van der Waals surface area (Å²) in [5.74, 6) is -0.583. The molecule has 33 heavy (non-hydrogen) atoms. The number of aromatic nitrogens is 1. The summed E-state index contributed by atoms with van der Waals surface area (Å²) in [5, 5.41) is 4.41. The van der Waals surface area contributed by atoms with Gasteiger partial charge in [-0.05, 0) is 29.0 Å². The highest BCUT2D eigenvalue weighted by Crippen LogP contribution is 2.43. The molecule has 3 aromatic carbocycles. The Hall–Kier alpha value is -3.91. The number of benzene rings is 3. The fourth-order valence-corrected chi connectivity index (χ4v) is 4.74. The summed E-state index contributed by atoms with van der Waals surface area (Å²) in [6.07, 6.45) is -4.66. The third-order valence-electron chi connectivity index (χ3n) is 5.29. The SMILES string of the molecule is Nc1c(C(=O)Nc2ccc3ccccc3c2)sc2nc(-c3ccccc3)cc(C(F)(F)F)c12. The Morgan fingerprint density at radius 3 is 2.33 bits per heavy atom. The largest absolute Gasteiger partial charge is 0.417 e. The zero-order valence-electron chi connectivity index (χ0n) is 17.0. The van der Waals surface area contributed by atoms with Crippen molar-refractivity contribution in [3.8, 4) is 11.3 Å². The Morgan fingerprint density at radius 1 is 0.909 bits per heavy atom. The molecule has 0 unspecified atom stereocenters. The quantitative estimate of drug-likeness (QED) is 0.304. The number of hydrogen-bond donors (Lipinski definition) is 2. The van der Waals surface area contributed by atoms with Gasteiger partial charge >= 0.3 is 6.18 Å². The Morgan fingerprint density at radius 2 is 1.61 bits per heavy atom. The second kappa shape index (κ2) is 7.90. The van der Waals surface area contributed by atoms with Crippen LogP contribution >= 0.6 is 11.3 Å². The molecule has 3 N–H and O–H groups in total. The summed E-state index contributed by atoms with van der Waals surface area (Å²) in [6, 6.07) is 22.6. The molecule has 2 aromatic heterocycles. The van der Waals surface area contributed by atoms with Gasteiger partial charge in [0, 0.05) is 16.6 Å². The fraction of sp³-hybridized carbons (Fsp3) is 0.0400. The summed E-state index contributed by atoms with van der Waals surface area (Å²) >= 11 is 0.846. The number of alkyl halides is 3. The Labute approximate surface area is 190 Å². The van der Waals surface area contributed by atoms with E-state index in [0.29, 0.717) is 11.3 Å². The molecule has 4 nitrogen and oxygen atoms in total. The number of nitrogens with two attached hydrogens (primary N) is 1. The topological polar surface area (TPSA) is 68.0 Å². The summed E-state index contributed by atoms with van der Waals surface area (Å²) in [7, 11) is 0. The van der Waals surface area contributed by atoms with E-state index in [1.165, 1.54) is 0 Å². The molecule has 0 spiro atoms. The van der Waals surface area contributed by atoms with Gasteiger partial charge in [0.05, 0.1) is 16.9 Å². The summed E-state index contributed by atoms with van der Waals surface area (Å²) < 4.78 is 41.8. The average Bonchev–Trinajstić information content (AvgIpc) is 3.15. The van der Waals surface area contributed by atoms with Gasteiger partial charge in [-0.15, -0.1) is 11.3 Å². The van der Waals surface area contributed by atoms with Crippen molar-refractivity contribution in [1.82, 2.24) is 4.98 Å².